The molecular formula is C11H15NO2. The molecule has 0 saturated carbocycles. The fourth-order valence-electron chi connectivity index (χ4n) is 1.24. The van der Waals surface area contributed by atoms with Gasteiger partial charge in [-0.3, -0.25) is 4.84 Å². The summed E-state index contributed by atoms with van der Waals surface area (Å²) in [5, 5.41) is 0. The maximum Gasteiger partial charge on any atom is 0.118 e. The van der Waals surface area contributed by atoms with Crippen LogP contribution in [-0.2, 0) is 4.84 Å². The Morgan fingerprint density at radius 2 is 2.07 bits per heavy atom. The molecule has 1 unspecified atom stereocenters. The summed E-state index contributed by atoms with van der Waals surface area (Å²) in [6.45, 7) is 3.65. The molecule has 0 aliphatic heterocycles. The second kappa shape index (κ2) is 5.42. The lowest BCUT2D eigenvalue weighted by atomic mass is 10.1. The lowest BCUT2D eigenvalue weighted by Gasteiger charge is -2.12. The monoisotopic (exact) mass is 193 g/mol. The van der Waals surface area contributed by atoms with Crippen molar-refractivity contribution in [3.63, 3.8) is 0 Å². The Kier molecular flexibility index (Phi) is 4.16. The molecule has 0 radical (unpaired) electrons. The molecule has 1 atom stereocenters. The highest BCUT2D eigenvalue weighted by Crippen LogP contribution is 2.22. The van der Waals surface area contributed by atoms with Gasteiger partial charge in [0, 0.05) is 0 Å². The number of methoxy groups -OCH3 is 1. The van der Waals surface area contributed by atoms with E-state index in [0.29, 0.717) is 6.42 Å². The van der Waals surface area contributed by atoms with Crippen molar-refractivity contribution < 1.29 is 9.57 Å². The van der Waals surface area contributed by atoms with Gasteiger partial charge < -0.3 is 4.74 Å². The number of hydrogen-bond donors (Lipinski definition) is 1. The first kappa shape index (κ1) is 10.8. The molecule has 1 aromatic carbocycles. The molecule has 0 aliphatic carbocycles. The molecule has 0 heterocycles. The van der Waals surface area contributed by atoms with Crippen molar-refractivity contribution in [2.45, 2.75) is 12.5 Å². The van der Waals surface area contributed by atoms with E-state index in [1.807, 2.05) is 24.3 Å². The Morgan fingerprint density at radius 3 is 2.50 bits per heavy atom. The molecule has 2 N–H and O–H groups in total. The molecular weight excluding hydrogens is 178 g/mol. The third-order valence-electron chi connectivity index (χ3n) is 2.03. The van der Waals surface area contributed by atoms with Crippen molar-refractivity contribution in [3.05, 3.63) is 42.5 Å². The van der Waals surface area contributed by atoms with Crippen molar-refractivity contribution in [1.82, 2.24) is 0 Å². The Labute approximate surface area is 84.1 Å². The van der Waals surface area contributed by atoms with Gasteiger partial charge >= 0.3 is 0 Å². The van der Waals surface area contributed by atoms with Crippen molar-refractivity contribution in [2.24, 2.45) is 5.90 Å². The summed E-state index contributed by atoms with van der Waals surface area (Å²) < 4.78 is 5.05. The van der Waals surface area contributed by atoms with Crippen LogP contribution in [0.15, 0.2) is 36.9 Å². The molecule has 0 fully saturated rings. The normalized spacial score (nSPS) is 12.1. The molecule has 0 saturated heterocycles. The Balaban J connectivity index is 2.77. The predicted octanol–water partition coefficient (Wildman–Crippen LogP) is 2.20. The zero-order valence-corrected chi connectivity index (χ0v) is 8.27. The van der Waals surface area contributed by atoms with E-state index in [1.165, 1.54) is 0 Å². The summed E-state index contributed by atoms with van der Waals surface area (Å²) >= 11 is 0. The Morgan fingerprint density at radius 1 is 1.43 bits per heavy atom. The second-order valence-corrected chi connectivity index (χ2v) is 2.92. The third kappa shape index (κ3) is 2.58. The van der Waals surface area contributed by atoms with Crippen LogP contribution >= 0.6 is 0 Å². The van der Waals surface area contributed by atoms with Crippen LogP contribution in [0.1, 0.15) is 18.1 Å². The highest BCUT2D eigenvalue weighted by Gasteiger charge is 2.08. The zero-order chi connectivity index (χ0) is 10.4. The summed E-state index contributed by atoms with van der Waals surface area (Å²) in [5.74, 6) is 6.00. The second-order valence-electron chi connectivity index (χ2n) is 2.92. The van der Waals surface area contributed by atoms with Gasteiger partial charge in [0.05, 0.1) is 7.11 Å². The van der Waals surface area contributed by atoms with Gasteiger partial charge in [0.2, 0.25) is 0 Å². The van der Waals surface area contributed by atoms with Crippen LogP contribution in [-0.4, -0.2) is 7.11 Å². The quantitative estimate of drug-likeness (QED) is 0.576. The van der Waals surface area contributed by atoms with Gasteiger partial charge in [-0.05, 0) is 24.1 Å². The van der Waals surface area contributed by atoms with Crippen LogP contribution < -0.4 is 10.6 Å². The van der Waals surface area contributed by atoms with E-state index in [1.54, 1.807) is 13.2 Å². The number of benzene rings is 1. The van der Waals surface area contributed by atoms with Crippen molar-refractivity contribution in [1.29, 1.82) is 0 Å². The summed E-state index contributed by atoms with van der Waals surface area (Å²) in [7, 11) is 1.63. The van der Waals surface area contributed by atoms with Crippen LogP contribution in [0.25, 0.3) is 0 Å². The average molecular weight is 193 g/mol. The lowest BCUT2D eigenvalue weighted by molar-refractivity contribution is 0.0549. The number of ether oxygens (including phenoxy) is 1. The third-order valence-corrected chi connectivity index (χ3v) is 2.03. The molecule has 1 rings (SSSR count). The minimum absolute atomic E-state index is 0.126. The van der Waals surface area contributed by atoms with Gasteiger partial charge in [0.15, 0.2) is 0 Å². The topological polar surface area (TPSA) is 44.5 Å². The SMILES string of the molecule is C=CCC(ON)c1ccc(OC)cc1. The molecule has 0 aliphatic rings. The van der Waals surface area contributed by atoms with Gasteiger partial charge in [-0.1, -0.05) is 18.2 Å². The maximum absolute atomic E-state index is 5.18. The standard InChI is InChI=1S/C11H15NO2/c1-3-4-11(14-12)9-5-7-10(13-2)8-6-9/h3,5-8,11H,1,4,12H2,2H3. The van der Waals surface area contributed by atoms with E-state index in [2.05, 4.69) is 6.58 Å². The Hall–Kier alpha value is -1.32. The van der Waals surface area contributed by atoms with Crippen LogP contribution in [0, 0.1) is 0 Å². The lowest BCUT2D eigenvalue weighted by Crippen LogP contribution is -2.08. The molecule has 14 heavy (non-hydrogen) atoms. The van der Waals surface area contributed by atoms with Gasteiger partial charge in [0.1, 0.15) is 11.9 Å². The summed E-state index contributed by atoms with van der Waals surface area (Å²) in [4.78, 5) is 4.84. The fraction of sp³-hybridized carbons (Fsp3) is 0.273. The summed E-state index contributed by atoms with van der Waals surface area (Å²) in [6, 6.07) is 7.62. The minimum atomic E-state index is -0.126. The molecule has 76 valence electrons. The largest absolute Gasteiger partial charge is 0.497 e. The van der Waals surface area contributed by atoms with Gasteiger partial charge in [-0.25, -0.2) is 5.90 Å². The maximum atomic E-state index is 5.18. The van der Waals surface area contributed by atoms with E-state index < -0.39 is 0 Å². The molecule has 0 spiro atoms. The van der Waals surface area contributed by atoms with Crippen molar-refractivity contribution in [2.75, 3.05) is 7.11 Å². The van der Waals surface area contributed by atoms with Gasteiger partial charge in [-0.15, -0.1) is 6.58 Å². The predicted molar refractivity (Wildman–Crippen MR) is 55.8 cm³/mol. The van der Waals surface area contributed by atoms with E-state index in [9.17, 15) is 0 Å². The highest BCUT2D eigenvalue weighted by molar-refractivity contribution is 5.28. The van der Waals surface area contributed by atoms with Crippen LogP contribution in [0.4, 0.5) is 0 Å². The van der Waals surface area contributed by atoms with Gasteiger partial charge in [-0.2, -0.15) is 0 Å². The van der Waals surface area contributed by atoms with E-state index in [0.717, 1.165) is 11.3 Å². The van der Waals surface area contributed by atoms with Crippen molar-refractivity contribution in [3.8, 4) is 5.75 Å². The zero-order valence-electron chi connectivity index (χ0n) is 8.27. The average Bonchev–Trinajstić information content (AvgIpc) is 2.26. The first-order chi connectivity index (χ1) is 6.81. The van der Waals surface area contributed by atoms with Crippen LogP contribution in [0.3, 0.4) is 0 Å². The van der Waals surface area contributed by atoms with E-state index >= 15 is 0 Å². The van der Waals surface area contributed by atoms with Crippen LogP contribution in [0.2, 0.25) is 0 Å². The number of rotatable bonds is 5. The molecule has 0 bridgehead atoms. The van der Waals surface area contributed by atoms with E-state index in [4.69, 9.17) is 15.5 Å². The fourth-order valence-corrected chi connectivity index (χ4v) is 1.24. The first-order valence-electron chi connectivity index (χ1n) is 4.42. The number of hydrogen-bond acceptors (Lipinski definition) is 3. The van der Waals surface area contributed by atoms with E-state index in [-0.39, 0.29) is 6.10 Å². The smallest absolute Gasteiger partial charge is 0.118 e. The van der Waals surface area contributed by atoms with Gasteiger partial charge in [0.25, 0.3) is 0 Å². The summed E-state index contributed by atoms with van der Waals surface area (Å²) in [6.07, 6.45) is 2.35. The van der Waals surface area contributed by atoms with Crippen LogP contribution in [0.5, 0.6) is 5.75 Å². The Bertz CT molecular complexity index is 282. The van der Waals surface area contributed by atoms with Crippen molar-refractivity contribution >= 4 is 0 Å². The highest BCUT2D eigenvalue weighted by atomic mass is 16.6. The molecule has 0 aromatic heterocycles. The molecule has 3 nitrogen and oxygen atoms in total. The molecule has 0 amide bonds. The summed E-state index contributed by atoms with van der Waals surface area (Å²) in [5.41, 5.74) is 1.02. The molecule has 1 aromatic rings. The number of nitrogens with two attached hydrogens (primary N) is 1. The first-order valence-corrected chi connectivity index (χ1v) is 4.42. The minimum Gasteiger partial charge on any atom is -0.497 e. The molecule has 3 heteroatoms.